The normalized spacial score (nSPS) is 10.7. The molecular weight excluding hydrogens is 183 g/mol. The van der Waals surface area contributed by atoms with Gasteiger partial charge in [-0.3, -0.25) is 0 Å². The van der Waals surface area contributed by atoms with E-state index in [0.717, 1.165) is 5.52 Å². The third-order valence-corrected chi connectivity index (χ3v) is 1.90. The van der Waals surface area contributed by atoms with Crippen LogP contribution in [-0.4, -0.2) is 9.38 Å². The largest absolute Gasteiger partial charge is 0.318 e. The van der Waals surface area contributed by atoms with E-state index in [0.29, 0.717) is 10.3 Å². The lowest BCUT2D eigenvalue weighted by molar-refractivity contribution is 1.14. The standard InChI is InChI=1S/C7H4Cl2N2/c8-6-4-11-3-1-2-5(11)7(9)10-6/h1-4H. The first-order valence-corrected chi connectivity index (χ1v) is 3.82. The Morgan fingerprint density at radius 3 is 3.00 bits per heavy atom. The summed E-state index contributed by atoms with van der Waals surface area (Å²) in [5.74, 6) is 0. The fraction of sp³-hybridized carbons (Fsp3) is 0. The van der Waals surface area contributed by atoms with E-state index in [-0.39, 0.29) is 0 Å². The molecular formula is C7H4Cl2N2. The molecule has 0 aromatic carbocycles. The molecule has 4 heteroatoms. The minimum absolute atomic E-state index is 0.402. The molecule has 11 heavy (non-hydrogen) atoms. The Morgan fingerprint density at radius 1 is 1.36 bits per heavy atom. The van der Waals surface area contributed by atoms with Crippen LogP contribution < -0.4 is 0 Å². The van der Waals surface area contributed by atoms with Crippen LogP contribution in [0.4, 0.5) is 0 Å². The Hall–Kier alpha value is -0.730. The molecule has 0 saturated carbocycles. The third-order valence-electron chi connectivity index (χ3n) is 1.44. The molecule has 0 aliphatic carbocycles. The Bertz CT molecular complexity index is 394. The van der Waals surface area contributed by atoms with Gasteiger partial charge in [0.15, 0.2) is 5.15 Å². The van der Waals surface area contributed by atoms with Gasteiger partial charge in [-0.1, -0.05) is 23.2 Å². The summed E-state index contributed by atoms with van der Waals surface area (Å²) in [5, 5.41) is 0.834. The van der Waals surface area contributed by atoms with E-state index in [4.69, 9.17) is 23.2 Å². The molecule has 0 unspecified atom stereocenters. The number of rotatable bonds is 0. The first-order chi connectivity index (χ1) is 5.27. The molecule has 0 spiro atoms. The zero-order chi connectivity index (χ0) is 7.84. The first kappa shape index (κ1) is 6.95. The number of aromatic nitrogens is 2. The Labute approximate surface area is 73.4 Å². The highest BCUT2D eigenvalue weighted by molar-refractivity contribution is 6.34. The van der Waals surface area contributed by atoms with E-state index in [1.807, 2.05) is 22.7 Å². The van der Waals surface area contributed by atoms with E-state index in [9.17, 15) is 0 Å². The number of hydrogen-bond acceptors (Lipinski definition) is 1. The zero-order valence-electron chi connectivity index (χ0n) is 5.46. The quantitative estimate of drug-likeness (QED) is 0.619. The minimum Gasteiger partial charge on any atom is -0.318 e. The topological polar surface area (TPSA) is 17.3 Å². The molecule has 0 fully saturated rings. The SMILES string of the molecule is Clc1cn2cccc2c(Cl)n1. The van der Waals surface area contributed by atoms with Gasteiger partial charge in [-0.15, -0.1) is 0 Å². The summed E-state index contributed by atoms with van der Waals surface area (Å²) in [6.45, 7) is 0. The van der Waals surface area contributed by atoms with Crippen LogP contribution in [-0.2, 0) is 0 Å². The summed E-state index contributed by atoms with van der Waals surface area (Å²) in [4.78, 5) is 3.88. The van der Waals surface area contributed by atoms with Crippen molar-refractivity contribution in [3.8, 4) is 0 Å². The Morgan fingerprint density at radius 2 is 2.18 bits per heavy atom. The number of fused-ring (bicyclic) bond motifs is 1. The Balaban J connectivity index is 2.91. The monoisotopic (exact) mass is 186 g/mol. The maximum Gasteiger partial charge on any atom is 0.154 e. The highest BCUT2D eigenvalue weighted by atomic mass is 35.5. The van der Waals surface area contributed by atoms with Crippen molar-refractivity contribution in [2.75, 3.05) is 0 Å². The van der Waals surface area contributed by atoms with Gasteiger partial charge in [-0.2, -0.15) is 0 Å². The maximum atomic E-state index is 5.79. The van der Waals surface area contributed by atoms with E-state index >= 15 is 0 Å². The first-order valence-electron chi connectivity index (χ1n) is 3.06. The van der Waals surface area contributed by atoms with Crippen molar-refractivity contribution in [3.63, 3.8) is 0 Å². The lowest BCUT2D eigenvalue weighted by Crippen LogP contribution is -1.85. The molecule has 0 bridgehead atoms. The highest BCUT2D eigenvalue weighted by Crippen LogP contribution is 2.17. The van der Waals surface area contributed by atoms with Crippen molar-refractivity contribution in [3.05, 3.63) is 34.8 Å². The van der Waals surface area contributed by atoms with E-state index < -0.39 is 0 Å². The molecule has 0 radical (unpaired) electrons. The van der Waals surface area contributed by atoms with Crippen molar-refractivity contribution in [2.45, 2.75) is 0 Å². The van der Waals surface area contributed by atoms with Gasteiger partial charge in [0.25, 0.3) is 0 Å². The van der Waals surface area contributed by atoms with Crippen molar-refractivity contribution in [1.82, 2.24) is 9.38 Å². The molecule has 2 aromatic heterocycles. The van der Waals surface area contributed by atoms with Gasteiger partial charge < -0.3 is 4.40 Å². The van der Waals surface area contributed by atoms with Gasteiger partial charge in [-0.05, 0) is 12.1 Å². The van der Waals surface area contributed by atoms with Crippen molar-refractivity contribution < 1.29 is 0 Å². The smallest absolute Gasteiger partial charge is 0.154 e. The lowest BCUT2D eigenvalue weighted by Gasteiger charge is -1.96. The predicted molar refractivity (Wildman–Crippen MR) is 45.2 cm³/mol. The van der Waals surface area contributed by atoms with E-state index in [1.54, 1.807) is 6.20 Å². The number of hydrogen-bond donors (Lipinski definition) is 0. The van der Waals surface area contributed by atoms with E-state index in [2.05, 4.69) is 4.98 Å². The Kier molecular flexibility index (Phi) is 1.51. The molecule has 0 amide bonds. The average molecular weight is 187 g/mol. The second-order valence-electron chi connectivity index (χ2n) is 2.16. The van der Waals surface area contributed by atoms with Crippen LogP contribution in [0.15, 0.2) is 24.5 Å². The highest BCUT2D eigenvalue weighted by Gasteiger charge is 2.00. The summed E-state index contributed by atoms with van der Waals surface area (Å²) in [7, 11) is 0. The molecule has 2 heterocycles. The van der Waals surface area contributed by atoms with Gasteiger partial charge in [0.1, 0.15) is 5.15 Å². The molecule has 0 aliphatic heterocycles. The van der Waals surface area contributed by atoms with Crippen molar-refractivity contribution in [1.29, 1.82) is 0 Å². The molecule has 2 rings (SSSR count). The van der Waals surface area contributed by atoms with Gasteiger partial charge in [0, 0.05) is 12.4 Å². The van der Waals surface area contributed by atoms with Crippen molar-refractivity contribution >= 4 is 28.7 Å². The summed E-state index contributed by atoms with van der Waals surface area (Å²) >= 11 is 11.5. The molecule has 2 nitrogen and oxygen atoms in total. The molecule has 0 saturated heterocycles. The second-order valence-corrected chi connectivity index (χ2v) is 2.90. The van der Waals surface area contributed by atoms with Gasteiger partial charge in [-0.25, -0.2) is 4.98 Å². The summed E-state index contributed by atoms with van der Waals surface area (Å²) in [6, 6.07) is 3.77. The van der Waals surface area contributed by atoms with Crippen LogP contribution in [0.25, 0.3) is 5.52 Å². The van der Waals surface area contributed by atoms with Crippen molar-refractivity contribution in [2.24, 2.45) is 0 Å². The average Bonchev–Trinajstić information content (AvgIpc) is 2.34. The minimum atomic E-state index is 0.402. The summed E-state index contributed by atoms with van der Waals surface area (Å²) in [5.41, 5.74) is 0.871. The fourth-order valence-electron chi connectivity index (χ4n) is 0.976. The molecule has 0 atom stereocenters. The van der Waals surface area contributed by atoms with Crippen LogP contribution >= 0.6 is 23.2 Å². The molecule has 0 N–H and O–H groups in total. The van der Waals surface area contributed by atoms with Gasteiger partial charge in [0.05, 0.1) is 5.52 Å². The maximum absolute atomic E-state index is 5.79. The van der Waals surface area contributed by atoms with Gasteiger partial charge >= 0.3 is 0 Å². The number of nitrogens with zero attached hydrogens (tertiary/aromatic N) is 2. The molecule has 2 aromatic rings. The van der Waals surface area contributed by atoms with Crippen LogP contribution in [0.2, 0.25) is 10.3 Å². The van der Waals surface area contributed by atoms with Crippen LogP contribution in [0.3, 0.4) is 0 Å². The fourth-order valence-corrected chi connectivity index (χ4v) is 1.46. The van der Waals surface area contributed by atoms with E-state index in [1.165, 1.54) is 0 Å². The molecule has 0 aliphatic rings. The predicted octanol–water partition coefficient (Wildman–Crippen LogP) is 2.64. The van der Waals surface area contributed by atoms with Gasteiger partial charge in [0.2, 0.25) is 0 Å². The summed E-state index contributed by atoms with van der Waals surface area (Å²) < 4.78 is 1.83. The lowest BCUT2D eigenvalue weighted by atomic mass is 10.5. The summed E-state index contributed by atoms with van der Waals surface area (Å²) in [6.07, 6.45) is 3.58. The van der Waals surface area contributed by atoms with Crippen LogP contribution in [0.1, 0.15) is 0 Å². The van der Waals surface area contributed by atoms with Crippen LogP contribution in [0.5, 0.6) is 0 Å². The zero-order valence-corrected chi connectivity index (χ0v) is 6.97. The number of halogens is 2. The third kappa shape index (κ3) is 1.08. The molecule has 56 valence electrons. The van der Waals surface area contributed by atoms with Crippen LogP contribution in [0, 0.1) is 0 Å². The second kappa shape index (κ2) is 2.40.